The fourth-order valence-electron chi connectivity index (χ4n) is 2.81. The number of ether oxygens (including phenoxy) is 1. The molecular weight excluding hydrogens is 454 g/mol. The van der Waals surface area contributed by atoms with Crippen molar-refractivity contribution in [3.8, 4) is 5.75 Å². The largest absolute Gasteiger partial charge is 0.495 e. The van der Waals surface area contributed by atoms with Gasteiger partial charge in [0.05, 0.1) is 17.7 Å². The van der Waals surface area contributed by atoms with Crippen LogP contribution in [0.5, 0.6) is 5.75 Å². The van der Waals surface area contributed by atoms with Gasteiger partial charge < -0.3 is 4.74 Å². The van der Waals surface area contributed by atoms with Gasteiger partial charge in [-0.05, 0) is 60.7 Å². The Hall–Kier alpha value is -3.56. The van der Waals surface area contributed by atoms with Crippen LogP contribution in [0.4, 0.5) is 5.69 Å². The zero-order valence-corrected chi connectivity index (χ0v) is 18.8. The van der Waals surface area contributed by atoms with Crippen molar-refractivity contribution in [2.45, 2.75) is 4.90 Å². The molecule has 8 nitrogen and oxygen atoms in total. The summed E-state index contributed by atoms with van der Waals surface area (Å²) in [7, 11) is -1.02. The van der Waals surface area contributed by atoms with E-state index < -0.39 is 21.8 Å². The number of anilines is 1. The maximum atomic E-state index is 13.0. The number of sulfonamides is 1. The first-order valence-corrected chi connectivity index (χ1v) is 11.1. The summed E-state index contributed by atoms with van der Waals surface area (Å²) >= 11 is 5.78. The molecule has 0 saturated heterocycles. The zero-order valence-electron chi connectivity index (χ0n) is 17.2. The number of methoxy groups -OCH3 is 1. The Kier molecular flexibility index (Phi) is 7.01. The number of nitrogens with zero attached hydrogens (tertiary/aromatic N) is 1. The first-order valence-electron chi connectivity index (χ1n) is 9.32. The van der Waals surface area contributed by atoms with Gasteiger partial charge in [-0.25, -0.2) is 8.42 Å². The normalized spacial score (nSPS) is 10.8. The molecule has 32 heavy (non-hydrogen) atoms. The standard InChI is InChI=1S/C22H20ClN3O5S/c1-26(19-5-3-4-6-20(19)31-2)32(29,30)18-13-9-16(10-14-18)22(28)25-24-21(27)15-7-11-17(23)12-8-15/h3-14H,1-2H3,(H,24,27)(H,25,28). The molecule has 3 aromatic rings. The minimum atomic E-state index is -3.89. The highest BCUT2D eigenvalue weighted by molar-refractivity contribution is 7.92. The number of hydrogen-bond donors (Lipinski definition) is 2. The quantitative estimate of drug-likeness (QED) is 0.535. The molecule has 0 spiro atoms. The summed E-state index contributed by atoms with van der Waals surface area (Å²) in [5.41, 5.74) is 5.44. The Morgan fingerprint density at radius 1 is 0.844 bits per heavy atom. The van der Waals surface area contributed by atoms with Gasteiger partial charge in [-0.15, -0.1) is 0 Å². The van der Waals surface area contributed by atoms with Crippen LogP contribution in [0.1, 0.15) is 20.7 Å². The average Bonchev–Trinajstić information content (AvgIpc) is 2.82. The van der Waals surface area contributed by atoms with Crippen LogP contribution < -0.4 is 19.9 Å². The van der Waals surface area contributed by atoms with E-state index in [1.807, 2.05) is 0 Å². The third-order valence-electron chi connectivity index (χ3n) is 4.60. The first-order chi connectivity index (χ1) is 15.2. The summed E-state index contributed by atoms with van der Waals surface area (Å²) in [5, 5.41) is 0.483. The predicted molar refractivity (Wildman–Crippen MR) is 121 cm³/mol. The van der Waals surface area contributed by atoms with Crippen LogP contribution in [0.3, 0.4) is 0 Å². The van der Waals surface area contributed by atoms with Crippen LogP contribution in [0, 0.1) is 0 Å². The van der Waals surface area contributed by atoms with Gasteiger partial charge in [0.25, 0.3) is 21.8 Å². The molecule has 2 N–H and O–H groups in total. The molecular formula is C22H20ClN3O5S. The van der Waals surface area contributed by atoms with E-state index in [1.165, 1.54) is 50.6 Å². The maximum absolute atomic E-state index is 13.0. The minimum absolute atomic E-state index is 0.00680. The Bertz CT molecular complexity index is 1230. The second kappa shape index (κ2) is 9.71. The number of carbonyl (C=O) groups excluding carboxylic acids is 2. The highest BCUT2D eigenvalue weighted by atomic mass is 35.5. The van der Waals surface area contributed by atoms with E-state index in [4.69, 9.17) is 16.3 Å². The lowest BCUT2D eigenvalue weighted by Gasteiger charge is -2.21. The summed E-state index contributed by atoms with van der Waals surface area (Å²) in [6, 6.07) is 18.2. The third-order valence-corrected chi connectivity index (χ3v) is 6.63. The van der Waals surface area contributed by atoms with Crippen LogP contribution in [0.15, 0.2) is 77.7 Å². The third kappa shape index (κ3) is 5.01. The van der Waals surface area contributed by atoms with Crippen LogP contribution in [0.25, 0.3) is 0 Å². The Labute approximate surface area is 190 Å². The first kappa shape index (κ1) is 23.1. The van der Waals surface area contributed by atoms with Gasteiger partial charge in [-0.1, -0.05) is 23.7 Å². The van der Waals surface area contributed by atoms with Crippen molar-refractivity contribution in [3.05, 3.63) is 88.9 Å². The monoisotopic (exact) mass is 473 g/mol. The highest BCUT2D eigenvalue weighted by Crippen LogP contribution is 2.30. The molecule has 3 aromatic carbocycles. The van der Waals surface area contributed by atoms with Crippen molar-refractivity contribution in [3.63, 3.8) is 0 Å². The van der Waals surface area contributed by atoms with E-state index in [2.05, 4.69) is 10.9 Å². The molecule has 0 bridgehead atoms. The number of amides is 2. The molecule has 0 atom stereocenters. The summed E-state index contributed by atoms with van der Waals surface area (Å²) in [5.74, 6) is -0.715. The van der Waals surface area contributed by atoms with E-state index in [0.717, 1.165) is 4.31 Å². The second-order valence-electron chi connectivity index (χ2n) is 6.58. The van der Waals surface area contributed by atoms with Crippen LogP contribution in [0.2, 0.25) is 5.02 Å². The lowest BCUT2D eigenvalue weighted by atomic mass is 10.2. The molecule has 2 amide bonds. The van der Waals surface area contributed by atoms with Gasteiger partial charge in [0, 0.05) is 23.2 Å². The average molecular weight is 474 g/mol. The molecule has 10 heteroatoms. The highest BCUT2D eigenvalue weighted by Gasteiger charge is 2.24. The summed E-state index contributed by atoms with van der Waals surface area (Å²) in [6.07, 6.45) is 0. The van der Waals surface area contributed by atoms with Gasteiger partial charge >= 0.3 is 0 Å². The number of nitrogens with one attached hydrogen (secondary N) is 2. The van der Waals surface area contributed by atoms with Gasteiger partial charge in [0.1, 0.15) is 5.75 Å². The topological polar surface area (TPSA) is 105 Å². The lowest BCUT2D eigenvalue weighted by Crippen LogP contribution is -2.41. The molecule has 166 valence electrons. The number of carbonyl (C=O) groups is 2. The smallest absolute Gasteiger partial charge is 0.269 e. The van der Waals surface area contributed by atoms with Crippen molar-refractivity contribution >= 4 is 39.1 Å². The summed E-state index contributed by atoms with van der Waals surface area (Å²) in [4.78, 5) is 24.4. The Balaban J connectivity index is 1.70. The Morgan fingerprint density at radius 3 is 1.88 bits per heavy atom. The van der Waals surface area contributed by atoms with Crippen LogP contribution in [-0.2, 0) is 10.0 Å². The molecule has 0 fully saturated rings. The van der Waals surface area contributed by atoms with E-state index in [0.29, 0.717) is 22.0 Å². The number of hydrazine groups is 1. The van der Waals surface area contributed by atoms with Crippen molar-refractivity contribution in [1.29, 1.82) is 0 Å². The number of rotatable bonds is 6. The van der Waals surface area contributed by atoms with Crippen molar-refractivity contribution in [2.75, 3.05) is 18.5 Å². The zero-order chi connectivity index (χ0) is 23.3. The second-order valence-corrected chi connectivity index (χ2v) is 8.99. The van der Waals surface area contributed by atoms with Gasteiger partial charge in [0.15, 0.2) is 0 Å². The van der Waals surface area contributed by atoms with Gasteiger partial charge in [-0.2, -0.15) is 0 Å². The molecule has 0 heterocycles. The fourth-order valence-corrected chi connectivity index (χ4v) is 4.15. The van der Waals surface area contributed by atoms with E-state index in [9.17, 15) is 18.0 Å². The lowest BCUT2D eigenvalue weighted by molar-refractivity contribution is 0.0846. The summed E-state index contributed by atoms with van der Waals surface area (Å²) < 4.78 is 32.3. The Morgan fingerprint density at radius 2 is 1.34 bits per heavy atom. The number of hydrogen-bond acceptors (Lipinski definition) is 5. The fraction of sp³-hybridized carbons (Fsp3) is 0.0909. The number of halogens is 1. The van der Waals surface area contributed by atoms with E-state index in [-0.39, 0.29) is 10.5 Å². The predicted octanol–water partition coefficient (Wildman–Crippen LogP) is 3.25. The van der Waals surface area contributed by atoms with Gasteiger partial charge in [-0.3, -0.25) is 24.7 Å². The minimum Gasteiger partial charge on any atom is -0.495 e. The molecule has 0 aromatic heterocycles. The SMILES string of the molecule is COc1ccccc1N(C)S(=O)(=O)c1ccc(C(=O)NNC(=O)c2ccc(Cl)cc2)cc1. The van der Waals surface area contributed by atoms with E-state index in [1.54, 1.807) is 36.4 Å². The van der Waals surface area contributed by atoms with E-state index >= 15 is 0 Å². The number of benzene rings is 3. The molecule has 0 radical (unpaired) electrons. The molecule has 0 aliphatic carbocycles. The maximum Gasteiger partial charge on any atom is 0.269 e. The molecule has 0 unspecified atom stereocenters. The molecule has 3 rings (SSSR count). The molecule has 0 saturated carbocycles. The van der Waals surface area contributed by atoms with Crippen LogP contribution in [-0.4, -0.2) is 34.4 Å². The van der Waals surface area contributed by atoms with Crippen molar-refractivity contribution in [2.24, 2.45) is 0 Å². The molecule has 0 aliphatic heterocycles. The van der Waals surface area contributed by atoms with Crippen molar-refractivity contribution < 1.29 is 22.7 Å². The van der Waals surface area contributed by atoms with Crippen molar-refractivity contribution in [1.82, 2.24) is 10.9 Å². The van der Waals surface area contributed by atoms with Gasteiger partial charge in [0.2, 0.25) is 0 Å². The van der Waals surface area contributed by atoms with Crippen LogP contribution >= 0.6 is 11.6 Å². The number of para-hydroxylation sites is 2. The summed E-state index contributed by atoms with van der Waals surface area (Å²) in [6.45, 7) is 0. The molecule has 0 aliphatic rings.